The van der Waals surface area contributed by atoms with Crippen LogP contribution in [-0.2, 0) is 9.53 Å². The van der Waals surface area contributed by atoms with E-state index in [0.29, 0.717) is 24.6 Å². The van der Waals surface area contributed by atoms with Gasteiger partial charge in [0.25, 0.3) is 5.91 Å². The number of amides is 1. The Hall–Kier alpha value is -0.630. The Morgan fingerprint density at radius 1 is 1.38 bits per heavy atom. The number of carbonyl (C=O) groups excluding carboxylic acids is 2. The molecule has 1 rings (SSSR count). The normalized spacial score (nSPS) is 10.6. The van der Waals surface area contributed by atoms with Gasteiger partial charge in [-0.05, 0) is 62.6 Å². The smallest absolute Gasteiger partial charge is 0.307 e. The molecule has 0 atom stereocenters. The first-order valence-electron chi connectivity index (χ1n) is 6.66. The van der Waals surface area contributed by atoms with E-state index in [4.69, 9.17) is 0 Å². The molecule has 0 unspecified atom stereocenters. The molecule has 0 bridgehead atoms. The Morgan fingerprint density at radius 2 is 2.05 bits per heavy atom. The van der Waals surface area contributed by atoms with E-state index in [9.17, 15) is 9.59 Å². The lowest BCUT2D eigenvalue weighted by Gasteiger charge is -2.25. The fourth-order valence-corrected chi connectivity index (χ4v) is 2.78. The molecule has 4 nitrogen and oxygen atoms in total. The van der Waals surface area contributed by atoms with Gasteiger partial charge < -0.3 is 9.64 Å². The second-order valence-electron chi connectivity index (χ2n) is 5.10. The zero-order valence-electron chi connectivity index (χ0n) is 12.4. The van der Waals surface area contributed by atoms with Gasteiger partial charge in [-0.1, -0.05) is 13.8 Å². The molecule has 0 fully saturated rings. The molecule has 0 aromatic heterocycles. The second-order valence-corrected chi connectivity index (χ2v) is 7.20. The van der Waals surface area contributed by atoms with Crippen LogP contribution in [-0.4, -0.2) is 37.0 Å². The molecule has 0 N–H and O–H groups in total. The Morgan fingerprint density at radius 3 is 2.62 bits per heavy atom. The standard InChI is InChI=1S/C15H19BrINO3/c1-10(2)9-18(7-6-14(19)21-3)15(20)12-8-11(17)4-5-13(12)16/h4-5,8,10H,6-7,9H2,1-3H3. The largest absolute Gasteiger partial charge is 0.469 e. The van der Waals surface area contributed by atoms with Crippen LogP contribution in [0.15, 0.2) is 22.7 Å². The molecule has 0 spiro atoms. The van der Waals surface area contributed by atoms with E-state index in [-0.39, 0.29) is 18.3 Å². The lowest BCUT2D eigenvalue weighted by atomic mass is 10.1. The average Bonchev–Trinajstić information content (AvgIpc) is 2.44. The van der Waals surface area contributed by atoms with Crippen LogP contribution < -0.4 is 0 Å². The Kier molecular flexibility index (Phi) is 7.65. The Labute approximate surface area is 147 Å². The first-order valence-corrected chi connectivity index (χ1v) is 8.53. The fourth-order valence-electron chi connectivity index (χ4n) is 1.88. The summed E-state index contributed by atoms with van der Waals surface area (Å²) in [4.78, 5) is 25.7. The van der Waals surface area contributed by atoms with Gasteiger partial charge >= 0.3 is 5.97 Å². The lowest BCUT2D eigenvalue weighted by molar-refractivity contribution is -0.140. The molecule has 0 saturated heterocycles. The van der Waals surface area contributed by atoms with Gasteiger partial charge in [-0.2, -0.15) is 0 Å². The topological polar surface area (TPSA) is 46.6 Å². The first-order chi connectivity index (χ1) is 9.85. The highest BCUT2D eigenvalue weighted by Crippen LogP contribution is 2.21. The van der Waals surface area contributed by atoms with Crippen LogP contribution in [0.5, 0.6) is 0 Å². The maximum Gasteiger partial charge on any atom is 0.307 e. The van der Waals surface area contributed by atoms with Crippen molar-refractivity contribution in [3.8, 4) is 0 Å². The molecule has 1 amide bonds. The van der Waals surface area contributed by atoms with Gasteiger partial charge in [0.1, 0.15) is 0 Å². The SMILES string of the molecule is COC(=O)CCN(CC(C)C)C(=O)c1cc(I)ccc1Br. The molecule has 0 radical (unpaired) electrons. The number of benzene rings is 1. The minimum absolute atomic E-state index is 0.0713. The maximum absolute atomic E-state index is 12.7. The van der Waals surface area contributed by atoms with Gasteiger partial charge in [-0.3, -0.25) is 9.59 Å². The summed E-state index contributed by atoms with van der Waals surface area (Å²) in [5, 5.41) is 0. The van der Waals surface area contributed by atoms with Crippen LogP contribution in [0.4, 0.5) is 0 Å². The molecule has 1 aromatic carbocycles. The molecular formula is C15H19BrINO3. The maximum atomic E-state index is 12.7. The number of nitrogens with zero attached hydrogens (tertiary/aromatic N) is 1. The van der Waals surface area contributed by atoms with Gasteiger partial charge in [-0.15, -0.1) is 0 Å². The molecule has 0 saturated carbocycles. The molecule has 21 heavy (non-hydrogen) atoms. The van der Waals surface area contributed by atoms with Gasteiger partial charge in [0.15, 0.2) is 0 Å². The van der Waals surface area contributed by atoms with E-state index in [1.807, 2.05) is 32.0 Å². The fraction of sp³-hybridized carbons (Fsp3) is 0.467. The summed E-state index contributed by atoms with van der Waals surface area (Å²) in [7, 11) is 1.35. The second kappa shape index (κ2) is 8.73. The summed E-state index contributed by atoms with van der Waals surface area (Å²) in [6.45, 7) is 5.06. The van der Waals surface area contributed by atoms with Crippen LogP contribution in [0.25, 0.3) is 0 Å². The monoisotopic (exact) mass is 467 g/mol. The van der Waals surface area contributed by atoms with Crippen molar-refractivity contribution in [2.24, 2.45) is 5.92 Å². The number of esters is 1. The van der Waals surface area contributed by atoms with E-state index in [1.54, 1.807) is 4.90 Å². The van der Waals surface area contributed by atoms with Crippen LogP contribution in [0.2, 0.25) is 0 Å². The quantitative estimate of drug-likeness (QED) is 0.473. The highest BCUT2D eigenvalue weighted by Gasteiger charge is 2.20. The van der Waals surface area contributed by atoms with E-state index in [0.717, 1.165) is 8.04 Å². The third kappa shape index (κ3) is 5.94. The van der Waals surface area contributed by atoms with Crippen molar-refractivity contribution in [3.05, 3.63) is 31.8 Å². The van der Waals surface area contributed by atoms with Crippen molar-refractivity contribution in [2.75, 3.05) is 20.2 Å². The van der Waals surface area contributed by atoms with Crippen molar-refractivity contribution in [3.63, 3.8) is 0 Å². The van der Waals surface area contributed by atoms with Crippen LogP contribution in [0.1, 0.15) is 30.6 Å². The summed E-state index contributed by atoms with van der Waals surface area (Å²) >= 11 is 5.59. The van der Waals surface area contributed by atoms with Crippen molar-refractivity contribution in [1.82, 2.24) is 4.90 Å². The van der Waals surface area contributed by atoms with E-state index in [1.165, 1.54) is 7.11 Å². The molecule has 0 aliphatic carbocycles. The Balaban J connectivity index is 2.93. The number of halogens is 2. The molecule has 116 valence electrons. The predicted molar refractivity (Wildman–Crippen MR) is 94.2 cm³/mol. The average molecular weight is 468 g/mol. The number of carbonyl (C=O) groups is 2. The zero-order chi connectivity index (χ0) is 16.0. The molecule has 0 aliphatic rings. The zero-order valence-corrected chi connectivity index (χ0v) is 16.1. The molecular weight excluding hydrogens is 449 g/mol. The lowest BCUT2D eigenvalue weighted by Crippen LogP contribution is -2.36. The molecule has 0 heterocycles. The third-order valence-electron chi connectivity index (χ3n) is 2.85. The molecule has 0 aliphatic heterocycles. The number of hydrogen-bond acceptors (Lipinski definition) is 3. The molecule has 6 heteroatoms. The van der Waals surface area contributed by atoms with Gasteiger partial charge in [0.05, 0.1) is 19.1 Å². The van der Waals surface area contributed by atoms with Crippen LogP contribution in [0, 0.1) is 9.49 Å². The number of ether oxygens (including phenoxy) is 1. The predicted octanol–water partition coefficient (Wildman–Crippen LogP) is 3.72. The number of rotatable bonds is 6. The van der Waals surface area contributed by atoms with Gasteiger partial charge in [0.2, 0.25) is 0 Å². The highest BCUT2D eigenvalue weighted by molar-refractivity contribution is 14.1. The summed E-state index contributed by atoms with van der Waals surface area (Å²) in [5.41, 5.74) is 0.618. The third-order valence-corrected chi connectivity index (χ3v) is 4.21. The van der Waals surface area contributed by atoms with Crippen LogP contribution >= 0.6 is 38.5 Å². The summed E-state index contributed by atoms with van der Waals surface area (Å²) in [5.74, 6) is -0.0515. The van der Waals surface area contributed by atoms with Crippen molar-refractivity contribution >= 4 is 50.4 Å². The summed E-state index contributed by atoms with van der Waals surface area (Å²) in [6.07, 6.45) is 0.205. The van der Waals surface area contributed by atoms with Crippen molar-refractivity contribution < 1.29 is 14.3 Å². The Bertz CT molecular complexity index is 520. The summed E-state index contributed by atoms with van der Waals surface area (Å²) in [6, 6.07) is 5.64. The minimum Gasteiger partial charge on any atom is -0.469 e. The highest BCUT2D eigenvalue weighted by atomic mass is 127. The number of methoxy groups -OCH3 is 1. The first kappa shape index (κ1) is 18.4. The minimum atomic E-state index is -0.307. The number of hydrogen-bond donors (Lipinski definition) is 0. The molecule has 1 aromatic rings. The van der Waals surface area contributed by atoms with Gasteiger partial charge in [-0.25, -0.2) is 0 Å². The van der Waals surface area contributed by atoms with E-state index in [2.05, 4.69) is 43.3 Å². The van der Waals surface area contributed by atoms with Gasteiger partial charge in [0, 0.05) is 21.1 Å². The summed E-state index contributed by atoms with van der Waals surface area (Å²) < 4.78 is 6.41. The van der Waals surface area contributed by atoms with E-state index < -0.39 is 0 Å². The van der Waals surface area contributed by atoms with Crippen molar-refractivity contribution in [2.45, 2.75) is 20.3 Å². The van der Waals surface area contributed by atoms with Crippen LogP contribution in [0.3, 0.4) is 0 Å². The van der Waals surface area contributed by atoms with Crippen molar-refractivity contribution in [1.29, 1.82) is 0 Å². The van der Waals surface area contributed by atoms with E-state index >= 15 is 0 Å².